The van der Waals surface area contributed by atoms with Crippen molar-refractivity contribution in [2.24, 2.45) is 17.8 Å². The van der Waals surface area contributed by atoms with Gasteiger partial charge in [0, 0.05) is 34.8 Å². The fraction of sp³-hybridized carbons (Fsp3) is 0.222. The number of nitrogens with zero attached hydrogens (tertiary/aromatic N) is 1. The molecule has 0 saturated carbocycles. The van der Waals surface area contributed by atoms with Crippen molar-refractivity contribution >= 4 is 39.3 Å². The summed E-state index contributed by atoms with van der Waals surface area (Å²) in [7, 11) is 0. The Bertz CT molecular complexity index is 1810. The Labute approximate surface area is 262 Å². The van der Waals surface area contributed by atoms with Crippen LogP contribution in [0.1, 0.15) is 35.4 Å². The summed E-state index contributed by atoms with van der Waals surface area (Å²) in [6, 6.07) is 24.0. The van der Waals surface area contributed by atoms with E-state index < -0.39 is 23.7 Å². The molecule has 0 bridgehead atoms. The van der Waals surface area contributed by atoms with E-state index in [1.54, 1.807) is 12.1 Å². The maximum absolute atomic E-state index is 13.9. The average molecular weight is 651 g/mol. The summed E-state index contributed by atoms with van der Waals surface area (Å²) in [5.41, 5.74) is 3.70. The number of phenolic OH excluding ortho intramolecular Hbond substituents is 1. The van der Waals surface area contributed by atoms with Crippen molar-refractivity contribution < 1.29 is 29.0 Å². The first-order valence-corrected chi connectivity index (χ1v) is 15.4. The van der Waals surface area contributed by atoms with Crippen LogP contribution >= 0.6 is 15.9 Å². The van der Waals surface area contributed by atoms with Crippen LogP contribution in [-0.2, 0) is 32.3 Å². The first kappa shape index (κ1) is 28.2. The number of ketones is 2. The maximum atomic E-state index is 13.9. The molecule has 1 fully saturated rings. The zero-order valence-electron chi connectivity index (χ0n) is 23.6. The van der Waals surface area contributed by atoms with Gasteiger partial charge >= 0.3 is 0 Å². The van der Waals surface area contributed by atoms with Crippen LogP contribution in [0.3, 0.4) is 0 Å². The molecule has 4 aliphatic rings. The molecule has 8 heteroatoms. The van der Waals surface area contributed by atoms with Gasteiger partial charge in [0.25, 0.3) is 0 Å². The number of Topliss-reactive ketones (excluding diaryl/α,β-unsaturated/α-hetero) is 1. The minimum Gasteiger partial charge on any atom is -0.507 e. The van der Waals surface area contributed by atoms with Crippen molar-refractivity contribution in [2.75, 3.05) is 0 Å². The molecule has 1 saturated heterocycles. The first-order chi connectivity index (χ1) is 21.3. The van der Waals surface area contributed by atoms with Crippen LogP contribution in [0.15, 0.2) is 112 Å². The molecular weight excluding hydrogens is 622 g/mol. The van der Waals surface area contributed by atoms with E-state index in [0.29, 0.717) is 35.5 Å². The Morgan fingerprint density at radius 2 is 1.57 bits per heavy atom. The summed E-state index contributed by atoms with van der Waals surface area (Å²) in [6.45, 7) is 0.498. The minimum absolute atomic E-state index is 0.0792. The fourth-order valence-electron chi connectivity index (χ4n) is 7.15. The Morgan fingerprint density at radius 3 is 2.27 bits per heavy atom. The van der Waals surface area contributed by atoms with Crippen molar-refractivity contribution in [2.45, 2.75) is 31.9 Å². The van der Waals surface area contributed by atoms with Crippen molar-refractivity contribution in [1.82, 2.24) is 4.90 Å². The molecule has 0 spiro atoms. The molecule has 1 aliphatic heterocycles. The molecular formula is C36H28BrNO6. The Kier molecular flexibility index (Phi) is 7.17. The summed E-state index contributed by atoms with van der Waals surface area (Å²) < 4.78 is 6.07. The summed E-state index contributed by atoms with van der Waals surface area (Å²) in [6.07, 6.45) is 3.73. The monoisotopic (exact) mass is 649 g/mol. The van der Waals surface area contributed by atoms with Crippen LogP contribution in [0.4, 0.5) is 0 Å². The number of likely N-dealkylation sites (tertiary alicyclic amines) is 1. The van der Waals surface area contributed by atoms with Gasteiger partial charge in [0.05, 0.1) is 22.9 Å². The lowest BCUT2D eigenvalue weighted by atomic mass is 9.59. The molecule has 7 rings (SSSR count). The molecule has 3 aromatic carbocycles. The van der Waals surface area contributed by atoms with Crippen molar-refractivity contribution in [3.63, 3.8) is 0 Å². The number of aromatic hydroxyl groups is 1. The second-order valence-electron chi connectivity index (χ2n) is 11.6. The number of fused-ring (bicyclic) bond motifs is 3. The molecule has 0 unspecified atom stereocenters. The van der Waals surface area contributed by atoms with Gasteiger partial charge in [-0.3, -0.25) is 24.1 Å². The van der Waals surface area contributed by atoms with Gasteiger partial charge in [-0.2, -0.15) is 0 Å². The van der Waals surface area contributed by atoms with Crippen LogP contribution in [-0.4, -0.2) is 33.4 Å². The second kappa shape index (κ2) is 11.2. The lowest BCUT2D eigenvalue weighted by Gasteiger charge is -2.42. The third-order valence-corrected chi connectivity index (χ3v) is 9.76. The van der Waals surface area contributed by atoms with Gasteiger partial charge < -0.3 is 9.84 Å². The van der Waals surface area contributed by atoms with E-state index in [-0.39, 0.29) is 46.6 Å². The number of carbonyl (C=O) groups excluding carboxylic acids is 4. The molecule has 3 aromatic rings. The number of halogens is 1. The number of rotatable bonds is 6. The number of ether oxygens (including phenoxy) is 1. The van der Waals surface area contributed by atoms with Crippen molar-refractivity contribution in [3.05, 3.63) is 129 Å². The van der Waals surface area contributed by atoms with Gasteiger partial charge in [-0.15, -0.1) is 0 Å². The largest absolute Gasteiger partial charge is 0.507 e. The minimum atomic E-state index is -0.743. The summed E-state index contributed by atoms with van der Waals surface area (Å²) in [4.78, 5) is 55.8. The molecule has 1 N–H and O–H groups in total. The predicted octanol–water partition coefficient (Wildman–Crippen LogP) is 5.93. The van der Waals surface area contributed by atoms with E-state index >= 15 is 0 Å². The van der Waals surface area contributed by atoms with Gasteiger partial charge in [0.15, 0.2) is 11.6 Å². The van der Waals surface area contributed by atoms with E-state index in [1.807, 2.05) is 66.7 Å². The summed E-state index contributed by atoms with van der Waals surface area (Å²) in [5, 5.41) is 11.3. The number of hydrogen-bond acceptors (Lipinski definition) is 6. The average Bonchev–Trinajstić information content (AvgIpc) is 3.28. The highest BCUT2D eigenvalue weighted by Gasteiger charge is 2.56. The Balaban J connectivity index is 1.26. The van der Waals surface area contributed by atoms with Gasteiger partial charge in [-0.05, 0) is 51.9 Å². The highest BCUT2D eigenvalue weighted by atomic mass is 79.9. The first-order valence-electron chi connectivity index (χ1n) is 14.6. The van der Waals surface area contributed by atoms with Gasteiger partial charge in [0.1, 0.15) is 18.1 Å². The Morgan fingerprint density at radius 1 is 0.864 bits per heavy atom. The lowest BCUT2D eigenvalue weighted by molar-refractivity contribution is -0.140. The third-order valence-electron chi connectivity index (χ3n) is 9.17. The summed E-state index contributed by atoms with van der Waals surface area (Å²) >= 11 is 3.25. The van der Waals surface area contributed by atoms with Crippen LogP contribution < -0.4 is 4.74 Å². The number of benzene rings is 3. The van der Waals surface area contributed by atoms with E-state index in [1.165, 1.54) is 17.0 Å². The highest BCUT2D eigenvalue weighted by molar-refractivity contribution is 9.12. The number of hydrogen-bond donors (Lipinski definition) is 1. The van der Waals surface area contributed by atoms with Crippen LogP contribution in [0.5, 0.6) is 11.5 Å². The van der Waals surface area contributed by atoms with Crippen LogP contribution in [0, 0.1) is 17.8 Å². The molecule has 3 aliphatic carbocycles. The number of phenols is 1. The van der Waals surface area contributed by atoms with Gasteiger partial charge in [0.2, 0.25) is 11.8 Å². The maximum Gasteiger partial charge on any atom is 0.234 e. The zero-order chi connectivity index (χ0) is 30.5. The zero-order valence-corrected chi connectivity index (χ0v) is 25.2. The molecule has 1 heterocycles. The smallest absolute Gasteiger partial charge is 0.234 e. The molecule has 2 amide bonds. The number of amides is 2. The molecule has 220 valence electrons. The van der Waals surface area contributed by atoms with E-state index in [9.17, 15) is 24.3 Å². The molecule has 7 nitrogen and oxygen atoms in total. The van der Waals surface area contributed by atoms with Crippen molar-refractivity contribution in [1.29, 1.82) is 0 Å². The van der Waals surface area contributed by atoms with Crippen molar-refractivity contribution in [3.8, 4) is 11.5 Å². The van der Waals surface area contributed by atoms with E-state index in [4.69, 9.17) is 4.74 Å². The normalized spacial score (nSPS) is 24.4. The lowest BCUT2D eigenvalue weighted by Crippen LogP contribution is -2.39. The molecule has 44 heavy (non-hydrogen) atoms. The van der Waals surface area contributed by atoms with Gasteiger partial charge in [-0.1, -0.05) is 78.4 Å². The number of allylic oxidation sites excluding steroid dienone is 6. The number of carbonyl (C=O) groups is 4. The quantitative estimate of drug-likeness (QED) is 0.202. The van der Waals surface area contributed by atoms with E-state index in [2.05, 4.69) is 15.9 Å². The molecule has 0 radical (unpaired) electrons. The molecule has 4 atom stereocenters. The fourth-order valence-corrected chi connectivity index (χ4v) is 7.59. The van der Waals surface area contributed by atoms with Gasteiger partial charge in [-0.25, -0.2) is 0 Å². The number of imide groups is 1. The highest BCUT2D eigenvalue weighted by Crippen LogP contribution is 2.56. The SMILES string of the molecule is O=C1C=C(Br)C(=O)C2=C1[C@@H](c1ccc(OCc3ccccc3)cc1O)C1=CC[C@@H]3C(=O)N(Cc4ccccc4)C(=O)[C@@H]3[C@@H]1C2. The third kappa shape index (κ3) is 4.74. The molecule has 0 aromatic heterocycles. The van der Waals surface area contributed by atoms with E-state index in [0.717, 1.165) is 16.7 Å². The predicted molar refractivity (Wildman–Crippen MR) is 165 cm³/mol. The van der Waals surface area contributed by atoms with Crippen LogP contribution in [0.2, 0.25) is 0 Å². The standard InChI is InChI=1S/C36H28BrNO6/c37-28-17-30(40)33-27(34(28)41)16-26-23(13-14-25-32(26)36(43)38(35(25)42)18-20-7-3-1-4-8-20)31(33)24-12-11-22(15-29(24)39)44-19-21-9-5-2-6-10-21/h1-13,15,17,25-26,31-32,39H,14,16,18-19H2/t25-,26+,31+,32-/m0/s1. The van der Waals surface area contributed by atoms with Crippen LogP contribution in [0.25, 0.3) is 0 Å². The second-order valence-corrected chi connectivity index (χ2v) is 12.5. The summed E-state index contributed by atoms with van der Waals surface area (Å²) in [5.74, 6) is -3.16. The topological polar surface area (TPSA) is 101 Å². The Hall–Kier alpha value is -4.56.